The number of carboxylic acid groups (broad SMARTS) is 1. The van der Waals surface area contributed by atoms with Gasteiger partial charge in [0.2, 0.25) is 0 Å². The number of fused-ring (bicyclic) bond motifs is 2. The largest absolute Gasteiger partial charge is 0.481 e. The molecule has 0 radical (unpaired) electrons. The van der Waals surface area contributed by atoms with Gasteiger partial charge in [-0.15, -0.1) is 0 Å². The monoisotopic (exact) mass is 182 g/mol. The smallest absolute Gasteiger partial charge is 0.303 e. The fraction of sp³-hybridized carbons (Fsp3) is 0.909. The van der Waals surface area contributed by atoms with Gasteiger partial charge in [0.15, 0.2) is 0 Å². The van der Waals surface area contributed by atoms with Crippen LogP contribution in [0.1, 0.15) is 44.9 Å². The van der Waals surface area contributed by atoms with Crippen LogP contribution in [0.15, 0.2) is 0 Å². The third-order valence-corrected chi connectivity index (χ3v) is 3.87. The van der Waals surface area contributed by atoms with Crippen molar-refractivity contribution in [2.45, 2.75) is 44.9 Å². The molecule has 0 aromatic carbocycles. The molecule has 2 rings (SSSR count). The quantitative estimate of drug-likeness (QED) is 0.713. The van der Waals surface area contributed by atoms with Crippen LogP contribution in [0.3, 0.4) is 0 Å². The van der Waals surface area contributed by atoms with Crippen LogP contribution in [0.4, 0.5) is 0 Å². The van der Waals surface area contributed by atoms with E-state index in [0.29, 0.717) is 12.3 Å². The molecule has 0 aliphatic heterocycles. The minimum Gasteiger partial charge on any atom is -0.481 e. The van der Waals surface area contributed by atoms with E-state index < -0.39 is 5.97 Å². The molecule has 2 bridgehead atoms. The Labute approximate surface area is 79.3 Å². The van der Waals surface area contributed by atoms with Crippen LogP contribution in [-0.4, -0.2) is 11.1 Å². The lowest BCUT2D eigenvalue weighted by Gasteiger charge is -2.39. The van der Waals surface area contributed by atoms with Crippen LogP contribution >= 0.6 is 0 Å². The molecule has 0 aromatic heterocycles. The van der Waals surface area contributed by atoms with Crippen molar-refractivity contribution in [1.29, 1.82) is 0 Å². The van der Waals surface area contributed by atoms with Crippen molar-refractivity contribution in [3.8, 4) is 0 Å². The predicted octanol–water partition coefficient (Wildman–Crippen LogP) is 2.68. The van der Waals surface area contributed by atoms with Crippen LogP contribution < -0.4 is 0 Å². The Morgan fingerprint density at radius 2 is 2.08 bits per heavy atom. The number of hydrogen-bond acceptors (Lipinski definition) is 1. The van der Waals surface area contributed by atoms with Crippen LogP contribution in [0.5, 0.6) is 0 Å². The van der Waals surface area contributed by atoms with Crippen molar-refractivity contribution in [3.63, 3.8) is 0 Å². The summed E-state index contributed by atoms with van der Waals surface area (Å²) in [5.41, 5.74) is 0. The molecule has 1 N–H and O–H groups in total. The lowest BCUT2D eigenvalue weighted by Crippen LogP contribution is -2.30. The summed E-state index contributed by atoms with van der Waals surface area (Å²) in [6, 6.07) is 0. The molecular weight excluding hydrogens is 164 g/mol. The average Bonchev–Trinajstić information content (AvgIpc) is 2.10. The standard InChI is InChI=1S/C11H18O2/c12-11(13)7-10-5-4-8-2-1-3-9(10)6-8/h8-10H,1-7H2,(H,12,13)/t8-,9-,10?/m1/s1. The summed E-state index contributed by atoms with van der Waals surface area (Å²) in [4.78, 5) is 10.6. The lowest BCUT2D eigenvalue weighted by molar-refractivity contribution is -0.139. The van der Waals surface area contributed by atoms with E-state index >= 15 is 0 Å². The van der Waals surface area contributed by atoms with Crippen molar-refractivity contribution in [2.75, 3.05) is 0 Å². The van der Waals surface area contributed by atoms with Gasteiger partial charge in [0.25, 0.3) is 0 Å². The zero-order valence-electron chi connectivity index (χ0n) is 8.04. The normalized spacial score (nSPS) is 38.6. The van der Waals surface area contributed by atoms with Gasteiger partial charge in [0.05, 0.1) is 0 Å². The number of carbonyl (C=O) groups is 1. The van der Waals surface area contributed by atoms with Crippen molar-refractivity contribution in [2.24, 2.45) is 17.8 Å². The molecular formula is C11H18O2. The molecule has 2 heteroatoms. The van der Waals surface area contributed by atoms with E-state index in [-0.39, 0.29) is 0 Å². The van der Waals surface area contributed by atoms with E-state index in [1.54, 1.807) is 0 Å². The van der Waals surface area contributed by atoms with E-state index in [1.807, 2.05) is 0 Å². The number of aliphatic carboxylic acids is 1. The fourth-order valence-electron chi connectivity index (χ4n) is 3.20. The SMILES string of the molecule is O=C(O)CC1CC[C@H]2CCC[C@@H]1C2. The molecule has 0 amide bonds. The number of rotatable bonds is 2. The molecule has 2 saturated carbocycles. The first-order valence-electron chi connectivity index (χ1n) is 5.47. The molecule has 0 heterocycles. The second-order valence-corrected chi connectivity index (χ2v) is 4.73. The Hall–Kier alpha value is -0.530. The van der Waals surface area contributed by atoms with Gasteiger partial charge in [-0.25, -0.2) is 0 Å². The highest BCUT2D eigenvalue weighted by Gasteiger charge is 2.33. The van der Waals surface area contributed by atoms with Crippen molar-refractivity contribution in [1.82, 2.24) is 0 Å². The summed E-state index contributed by atoms with van der Waals surface area (Å²) in [6.07, 6.45) is 8.21. The zero-order chi connectivity index (χ0) is 9.26. The van der Waals surface area contributed by atoms with Gasteiger partial charge in [0.1, 0.15) is 0 Å². The third kappa shape index (κ3) is 2.04. The van der Waals surface area contributed by atoms with E-state index in [9.17, 15) is 4.79 Å². The van der Waals surface area contributed by atoms with Crippen molar-refractivity contribution < 1.29 is 9.90 Å². The van der Waals surface area contributed by atoms with Crippen LogP contribution in [-0.2, 0) is 4.79 Å². The van der Waals surface area contributed by atoms with E-state index in [2.05, 4.69) is 0 Å². The van der Waals surface area contributed by atoms with E-state index in [0.717, 1.165) is 11.8 Å². The van der Waals surface area contributed by atoms with Gasteiger partial charge < -0.3 is 5.11 Å². The van der Waals surface area contributed by atoms with Gasteiger partial charge in [-0.1, -0.05) is 25.7 Å². The molecule has 74 valence electrons. The van der Waals surface area contributed by atoms with Gasteiger partial charge in [-0.2, -0.15) is 0 Å². The maximum absolute atomic E-state index is 10.6. The Bertz CT molecular complexity index is 200. The first-order valence-corrected chi connectivity index (χ1v) is 5.47. The number of hydrogen-bond donors (Lipinski definition) is 1. The van der Waals surface area contributed by atoms with Gasteiger partial charge in [0, 0.05) is 6.42 Å². The van der Waals surface area contributed by atoms with Crippen LogP contribution in [0.25, 0.3) is 0 Å². The Morgan fingerprint density at radius 1 is 1.23 bits per heavy atom. The lowest BCUT2D eigenvalue weighted by atomic mass is 9.66. The summed E-state index contributed by atoms with van der Waals surface area (Å²) >= 11 is 0. The van der Waals surface area contributed by atoms with Gasteiger partial charge >= 0.3 is 5.97 Å². The first kappa shape index (κ1) is 9.04. The molecule has 2 fully saturated rings. The molecule has 1 unspecified atom stereocenters. The highest BCUT2D eigenvalue weighted by Crippen LogP contribution is 2.44. The zero-order valence-corrected chi connectivity index (χ0v) is 8.04. The second kappa shape index (κ2) is 3.69. The summed E-state index contributed by atoms with van der Waals surface area (Å²) < 4.78 is 0. The van der Waals surface area contributed by atoms with Gasteiger partial charge in [-0.3, -0.25) is 4.79 Å². The molecule has 13 heavy (non-hydrogen) atoms. The summed E-state index contributed by atoms with van der Waals surface area (Å²) in [6.45, 7) is 0. The first-order chi connectivity index (χ1) is 6.25. The summed E-state index contributed by atoms with van der Waals surface area (Å²) in [5.74, 6) is 1.57. The Balaban J connectivity index is 1.93. The second-order valence-electron chi connectivity index (χ2n) is 4.73. The summed E-state index contributed by atoms with van der Waals surface area (Å²) in [7, 11) is 0. The molecule has 2 aliphatic rings. The maximum atomic E-state index is 10.6. The molecule has 2 aliphatic carbocycles. The molecule has 3 atom stereocenters. The Morgan fingerprint density at radius 3 is 2.85 bits per heavy atom. The maximum Gasteiger partial charge on any atom is 0.303 e. The molecule has 0 spiro atoms. The molecule has 2 nitrogen and oxygen atoms in total. The van der Waals surface area contributed by atoms with E-state index in [1.165, 1.54) is 38.5 Å². The predicted molar refractivity (Wildman–Crippen MR) is 50.4 cm³/mol. The third-order valence-electron chi connectivity index (χ3n) is 3.87. The number of carboxylic acids is 1. The summed E-state index contributed by atoms with van der Waals surface area (Å²) in [5, 5.41) is 8.76. The van der Waals surface area contributed by atoms with Crippen LogP contribution in [0, 0.1) is 17.8 Å². The molecule has 0 aromatic rings. The highest BCUT2D eigenvalue weighted by atomic mass is 16.4. The van der Waals surface area contributed by atoms with Crippen molar-refractivity contribution >= 4 is 5.97 Å². The Kier molecular flexibility index (Phi) is 2.56. The molecule has 0 saturated heterocycles. The van der Waals surface area contributed by atoms with Crippen LogP contribution in [0.2, 0.25) is 0 Å². The minimum atomic E-state index is -0.603. The van der Waals surface area contributed by atoms with Gasteiger partial charge in [-0.05, 0) is 30.6 Å². The topological polar surface area (TPSA) is 37.3 Å². The fourth-order valence-corrected chi connectivity index (χ4v) is 3.20. The van der Waals surface area contributed by atoms with E-state index in [4.69, 9.17) is 5.11 Å². The average molecular weight is 182 g/mol. The minimum absolute atomic E-state index is 0.414. The van der Waals surface area contributed by atoms with Crippen molar-refractivity contribution in [3.05, 3.63) is 0 Å². The highest BCUT2D eigenvalue weighted by molar-refractivity contribution is 5.67.